The number of nitrogens with zero attached hydrogens (tertiary/aromatic N) is 2. The summed E-state index contributed by atoms with van der Waals surface area (Å²) in [6.07, 6.45) is 1.77. The highest BCUT2D eigenvalue weighted by Gasteiger charge is 2.65. The summed E-state index contributed by atoms with van der Waals surface area (Å²) in [5.74, 6) is 0. The second-order valence-corrected chi connectivity index (χ2v) is 8.72. The zero-order chi connectivity index (χ0) is 22.1. The fourth-order valence-electron chi connectivity index (χ4n) is 4.88. The lowest BCUT2D eigenvalue weighted by Gasteiger charge is -2.41. The molecule has 0 radical (unpaired) electrons. The quantitative estimate of drug-likeness (QED) is 0.579. The fraction of sp³-hybridized carbons (Fsp3) is 0.478. The van der Waals surface area contributed by atoms with E-state index in [1.54, 1.807) is 13.8 Å². The Hall–Kier alpha value is -2.80. The summed E-state index contributed by atoms with van der Waals surface area (Å²) in [6.45, 7) is 7.45. The Labute approximate surface area is 176 Å². The maximum absolute atomic E-state index is 12.1. The van der Waals surface area contributed by atoms with Crippen LogP contribution in [-0.4, -0.2) is 21.9 Å². The van der Waals surface area contributed by atoms with Gasteiger partial charge in [-0.25, -0.2) is 0 Å². The third-order valence-corrected chi connectivity index (χ3v) is 6.62. The molecule has 7 nitrogen and oxygen atoms in total. The number of nitro groups is 2. The van der Waals surface area contributed by atoms with Crippen molar-refractivity contribution >= 4 is 0 Å². The predicted molar refractivity (Wildman–Crippen MR) is 114 cm³/mol. The largest absolute Gasteiger partial charge is 0.322 e. The van der Waals surface area contributed by atoms with Crippen LogP contribution >= 0.6 is 0 Å². The summed E-state index contributed by atoms with van der Waals surface area (Å²) < 4.78 is 0. The van der Waals surface area contributed by atoms with Gasteiger partial charge in [0.15, 0.2) is 12.1 Å². The average molecular weight is 413 g/mol. The first-order chi connectivity index (χ1) is 14.2. The van der Waals surface area contributed by atoms with Crippen molar-refractivity contribution in [3.63, 3.8) is 0 Å². The van der Waals surface area contributed by atoms with Gasteiger partial charge in [0.05, 0.1) is 0 Å². The Morgan fingerprint density at radius 3 is 1.37 bits per heavy atom. The number of piperidine rings is 1. The Morgan fingerprint density at radius 1 is 0.767 bits per heavy atom. The lowest BCUT2D eigenvalue weighted by atomic mass is 9.66. The van der Waals surface area contributed by atoms with Gasteiger partial charge in [-0.2, -0.15) is 0 Å². The Morgan fingerprint density at radius 2 is 1.10 bits per heavy atom. The molecule has 2 aromatic rings. The summed E-state index contributed by atoms with van der Waals surface area (Å²) in [4.78, 5) is 23.6. The number of hydrogen-bond acceptors (Lipinski definition) is 4. The molecule has 0 aromatic heterocycles. The smallest absolute Gasteiger partial charge is 0.279 e. The first-order valence-corrected chi connectivity index (χ1v) is 10.5. The summed E-state index contributed by atoms with van der Waals surface area (Å²) in [5, 5.41) is 26.1. The number of quaternary nitrogens is 1. The highest BCUT2D eigenvalue weighted by atomic mass is 16.6. The van der Waals surface area contributed by atoms with Crippen molar-refractivity contribution in [1.29, 1.82) is 0 Å². The van der Waals surface area contributed by atoms with Crippen LogP contribution in [-0.2, 0) is 12.8 Å². The molecule has 1 saturated heterocycles. The van der Waals surface area contributed by atoms with Gasteiger partial charge in [-0.15, -0.1) is 0 Å². The fourth-order valence-corrected chi connectivity index (χ4v) is 4.88. The molecule has 0 spiro atoms. The molecule has 160 valence electrons. The van der Waals surface area contributed by atoms with E-state index in [-0.39, 0.29) is 9.85 Å². The van der Waals surface area contributed by atoms with Gasteiger partial charge in [0.2, 0.25) is 0 Å². The van der Waals surface area contributed by atoms with Gasteiger partial charge in [-0.3, -0.25) is 20.2 Å². The van der Waals surface area contributed by atoms with Crippen LogP contribution in [0.4, 0.5) is 0 Å². The molecule has 1 heterocycles. The van der Waals surface area contributed by atoms with Crippen molar-refractivity contribution in [1.82, 2.24) is 0 Å². The van der Waals surface area contributed by atoms with E-state index in [9.17, 15) is 20.2 Å². The second-order valence-electron chi connectivity index (χ2n) is 8.72. The predicted octanol–water partition coefficient (Wildman–Crippen LogP) is 3.49. The summed E-state index contributed by atoms with van der Waals surface area (Å²) in [6, 6.07) is 12.5. The summed E-state index contributed by atoms with van der Waals surface area (Å²) >= 11 is 0. The maximum Gasteiger partial charge on any atom is 0.279 e. The molecule has 0 bridgehead atoms. The Kier molecular flexibility index (Phi) is 6.22. The van der Waals surface area contributed by atoms with Crippen LogP contribution in [0.5, 0.6) is 0 Å². The molecular weight excluding hydrogens is 382 g/mol. The zero-order valence-corrected chi connectivity index (χ0v) is 17.9. The molecule has 1 aliphatic rings. The van der Waals surface area contributed by atoms with E-state index < -0.39 is 29.6 Å². The van der Waals surface area contributed by atoms with E-state index in [0.717, 1.165) is 35.1 Å². The van der Waals surface area contributed by atoms with E-state index >= 15 is 0 Å². The summed E-state index contributed by atoms with van der Waals surface area (Å²) in [7, 11) is 0. The molecular formula is C23H30N3O4+. The van der Waals surface area contributed by atoms with Gasteiger partial charge < -0.3 is 5.32 Å². The van der Waals surface area contributed by atoms with Crippen molar-refractivity contribution in [3.8, 4) is 0 Å². The molecule has 1 fully saturated rings. The monoisotopic (exact) mass is 412 g/mol. The van der Waals surface area contributed by atoms with Crippen LogP contribution in [0.25, 0.3) is 0 Å². The third kappa shape index (κ3) is 3.94. The Balaban J connectivity index is 2.11. The normalized spacial score (nSPS) is 25.6. The SMILES string of the molecule is CCc1ccc([C@@H]2[NH2+][C@@H](c3ccc(CC)cc3)[C@@H]([N+](=O)[O-])C(C)(C)[C@H]2[N+](=O)[O-])cc1. The van der Waals surface area contributed by atoms with Crippen LogP contribution in [0.2, 0.25) is 0 Å². The number of benzene rings is 2. The van der Waals surface area contributed by atoms with E-state index in [2.05, 4.69) is 13.8 Å². The maximum atomic E-state index is 12.1. The number of aryl methyl sites for hydroxylation is 2. The minimum absolute atomic E-state index is 0.332. The minimum Gasteiger partial charge on any atom is -0.322 e. The van der Waals surface area contributed by atoms with Crippen LogP contribution < -0.4 is 5.32 Å². The van der Waals surface area contributed by atoms with E-state index in [1.165, 1.54) is 0 Å². The van der Waals surface area contributed by atoms with Crippen LogP contribution in [0, 0.1) is 25.6 Å². The van der Waals surface area contributed by atoms with Gasteiger partial charge in [-0.1, -0.05) is 62.4 Å². The first kappa shape index (κ1) is 21.9. The number of hydrogen-bond donors (Lipinski definition) is 1. The molecule has 4 atom stereocenters. The van der Waals surface area contributed by atoms with E-state index in [4.69, 9.17) is 0 Å². The molecule has 0 unspecified atom stereocenters. The van der Waals surface area contributed by atoms with E-state index in [1.807, 2.05) is 53.8 Å². The lowest BCUT2D eigenvalue weighted by molar-refractivity contribution is -0.818. The first-order valence-electron chi connectivity index (χ1n) is 10.5. The molecule has 2 N–H and O–H groups in total. The lowest BCUT2D eigenvalue weighted by Crippen LogP contribution is -2.96. The van der Waals surface area contributed by atoms with Gasteiger partial charge in [0, 0.05) is 21.0 Å². The van der Waals surface area contributed by atoms with Crippen LogP contribution in [0.3, 0.4) is 0 Å². The number of rotatable bonds is 6. The molecule has 0 aliphatic carbocycles. The van der Waals surface area contributed by atoms with Crippen molar-refractivity contribution in [2.75, 3.05) is 0 Å². The topological polar surface area (TPSA) is 103 Å². The van der Waals surface area contributed by atoms with Gasteiger partial charge in [0.25, 0.3) is 12.1 Å². The van der Waals surface area contributed by atoms with Crippen molar-refractivity contribution in [2.24, 2.45) is 5.41 Å². The van der Waals surface area contributed by atoms with Crippen molar-refractivity contribution < 1.29 is 15.2 Å². The molecule has 2 aromatic carbocycles. The average Bonchev–Trinajstić information content (AvgIpc) is 2.71. The van der Waals surface area contributed by atoms with Crippen LogP contribution in [0.1, 0.15) is 62.0 Å². The van der Waals surface area contributed by atoms with Gasteiger partial charge in [-0.05, 0) is 37.8 Å². The minimum atomic E-state index is -1.13. The third-order valence-electron chi connectivity index (χ3n) is 6.62. The zero-order valence-electron chi connectivity index (χ0n) is 17.9. The number of nitrogens with two attached hydrogens (primary N) is 1. The summed E-state index contributed by atoms with van der Waals surface area (Å²) in [5.41, 5.74) is 2.84. The molecule has 1 aliphatic heterocycles. The molecule has 0 amide bonds. The van der Waals surface area contributed by atoms with Crippen LogP contribution in [0.15, 0.2) is 48.5 Å². The van der Waals surface area contributed by atoms with Crippen molar-refractivity contribution in [2.45, 2.75) is 64.7 Å². The van der Waals surface area contributed by atoms with Crippen molar-refractivity contribution in [3.05, 3.63) is 91.0 Å². The molecule has 7 heteroatoms. The highest BCUT2D eigenvalue weighted by Crippen LogP contribution is 2.43. The molecule has 30 heavy (non-hydrogen) atoms. The highest BCUT2D eigenvalue weighted by molar-refractivity contribution is 5.28. The van der Waals surface area contributed by atoms with E-state index in [0.29, 0.717) is 0 Å². The second kappa shape index (κ2) is 8.52. The van der Waals surface area contributed by atoms with Gasteiger partial charge in [0.1, 0.15) is 5.41 Å². The molecule has 3 rings (SSSR count). The molecule has 0 saturated carbocycles. The van der Waals surface area contributed by atoms with Gasteiger partial charge >= 0.3 is 0 Å². The Bertz CT molecular complexity index is 836. The standard InChI is InChI=1S/C23H29N3O4/c1-5-15-7-11-17(12-8-15)19-21(25(27)28)23(3,4)22(26(29)30)20(24-19)18-13-9-16(6-2)10-14-18/h7-14,19-22,24H,5-6H2,1-4H3/p+1/t19-,20-,21-,22+/m0/s1.